The minimum absolute atomic E-state index is 0.00817. The molecule has 0 spiro atoms. The highest BCUT2D eigenvalue weighted by Crippen LogP contribution is 2.32. The van der Waals surface area contributed by atoms with E-state index in [1.54, 1.807) is 24.3 Å². The fourth-order valence-electron chi connectivity index (χ4n) is 3.08. The van der Waals surface area contributed by atoms with Crippen LogP contribution in [-0.2, 0) is 11.9 Å². The Hall–Kier alpha value is -3.59. The van der Waals surface area contributed by atoms with Gasteiger partial charge in [-0.2, -0.15) is 18.3 Å². The molecule has 1 heterocycles. The fourth-order valence-corrected chi connectivity index (χ4v) is 3.92. The highest BCUT2D eigenvalue weighted by molar-refractivity contribution is 7.98. The van der Waals surface area contributed by atoms with E-state index in [0.29, 0.717) is 17.1 Å². The summed E-state index contributed by atoms with van der Waals surface area (Å²) >= 11 is 1.51. The number of nitrogens with zero attached hydrogens (tertiary/aromatic N) is 3. The monoisotopic (exact) mass is 468 g/mol. The van der Waals surface area contributed by atoms with Crippen LogP contribution in [-0.4, -0.2) is 9.78 Å². The summed E-state index contributed by atoms with van der Waals surface area (Å²) < 4.78 is 40.4. The summed E-state index contributed by atoms with van der Waals surface area (Å²) in [6, 6.07) is 21.4. The molecule has 0 amide bonds. The molecule has 0 aliphatic carbocycles. The molecule has 3 aromatic carbocycles. The second-order valence-electron chi connectivity index (χ2n) is 7.26. The Labute approximate surface area is 192 Å². The van der Waals surface area contributed by atoms with Crippen LogP contribution < -0.4 is 5.56 Å². The van der Waals surface area contributed by atoms with Crippen LogP contribution in [0.25, 0.3) is 5.69 Å². The Morgan fingerprint density at radius 3 is 2.36 bits per heavy atom. The van der Waals surface area contributed by atoms with Crippen molar-refractivity contribution in [1.82, 2.24) is 9.78 Å². The van der Waals surface area contributed by atoms with Crippen LogP contribution in [0.3, 0.4) is 0 Å². The Balaban J connectivity index is 1.69. The zero-order chi connectivity index (χ0) is 23.4. The second-order valence-corrected chi connectivity index (χ2v) is 8.31. The van der Waals surface area contributed by atoms with Crippen LogP contribution in [0.15, 0.2) is 98.8 Å². The van der Waals surface area contributed by atoms with Crippen molar-refractivity contribution in [2.45, 2.75) is 23.7 Å². The Morgan fingerprint density at radius 1 is 0.939 bits per heavy atom. The third-order valence-corrected chi connectivity index (χ3v) is 5.83. The molecular formula is C24H19F3N4OS. The van der Waals surface area contributed by atoms with Gasteiger partial charge in [-0.25, -0.2) is 4.68 Å². The smallest absolute Gasteiger partial charge is 0.292 e. The number of para-hydroxylation sites is 1. The molecule has 168 valence electrons. The number of hydrogen-bond donors (Lipinski definition) is 1. The van der Waals surface area contributed by atoms with Crippen LogP contribution in [0, 0.1) is 6.92 Å². The third-order valence-electron chi connectivity index (χ3n) is 4.80. The number of nitrogens with one attached hydrogen (secondary N) is 1. The number of azo groups is 1. The molecular weight excluding hydrogens is 449 g/mol. The van der Waals surface area contributed by atoms with E-state index >= 15 is 0 Å². The van der Waals surface area contributed by atoms with Gasteiger partial charge in [0.25, 0.3) is 5.56 Å². The summed E-state index contributed by atoms with van der Waals surface area (Å²) in [5.41, 5.74) is 1.07. The van der Waals surface area contributed by atoms with E-state index in [1.165, 1.54) is 28.6 Å². The average molecular weight is 469 g/mol. The fraction of sp³-hybridized carbons (Fsp3) is 0.125. The van der Waals surface area contributed by atoms with Crippen molar-refractivity contribution in [3.63, 3.8) is 0 Å². The molecule has 5 nitrogen and oxygen atoms in total. The van der Waals surface area contributed by atoms with E-state index in [4.69, 9.17) is 0 Å². The number of aromatic nitrogens is 2. The minimum Gasteiger partial charge on any atom is -0.292 e. The van der Waals surface area contributed by atoms with E-state index < -0.39 is 17.3 Å². The molecule has 0 radical (unpaired) electrons. The summed E-state index contributed by atoms with van der Waals surface area (Å²) in [4.78, 5) is 14.1. The molecule has 33 heavy (non-hydrogen) atoms. The van der Waals surface area contributed by atoms with Crippen molar-refractivity contribution >= 4 is 23.1 Å². The number of thioether (sulfide) groups is 1. The topological polar surface area (TPSA) is 62.5 Å². The molecule has 1 N–H and O–H groups in total. The summed E-state index contributed by atoms with van der Waals surface area (Å²) in [5, 5.41) is 11.0. The summed E-state index contributed by atoms with van der Waals surface area (Å²) in [6.45, 7) is 2.00. The molecule has 9 heteroatoms. The maximum atomic E-state index is 13.1. The van der Waals surface area contributed by atoms with E-state index in [2.05, 4.69) is 15.3 Å². The van der Waals surface area contributed by atoms with Crippen LogP contribution in [0.1, 0.15) is 16.8 Å². The van der Waals surface area contributed by atoms with Gasteiger partial charge >= 0.3 is 6.18 Å². The van der Waals surface area contributed by atoms with E-state index in [9.17, 15) is 18.0 Å². The SMILES string of the molecule is Cc1ccc(SCc2[nH]n(-c3ccccc3)c(=O)c2N=Nc2cccc(C(F)(F)F)c2)cc1. The van der Waals surface area contributed by atoms with Gasteiger partial charge in [0.05, 0.1) is 22.6 Å². The van der Waals surface area contributed by atoms with Crippen LogP contribution in [0.2, 0.25) is 0 Å². The Kier molecular flexibility index (Phi) is 6.50. The van der Waals surface area contributed by atoms with Crippen molar-refractivity contribution < 1.29 is 13.2 Å². The maximum absolute atomic E-state index is 13.1. The van der Waals surface area contributed by atoms with Crippen molar-refractivity contribution in [2.24, 2.45) is 10.2 Å². The van der Waals surface area contributed by atoms with Gasteiger partial charge in [-0.15, -0.1) is 16.9 Å². The van der Waals surface area contributed by atoms with E-state index in [-0.39, 0.29) is 11.4 Å². The number of benzene rings is 3. The molecule has 0 saturated carbocycles. The normalized spacial score (nSPS) is 11.9. The van der Waals surface area contributed by atoms with Crippen LogP contribution in [0.5, 0.6) is 0 Å². The summed E-state index contributed by atoms with van der Waals surface area (Å²) in [6.07, 6.45) is -4.49. The van der Waals surface area contributed by atoms with Crippen molar-refractivity contribution in [3.8, 4) is 5.69 Å². The van der Waals surface area contributed by atoms with Crippen molar-refractivity contribution in [3.05, 3.63) is 106 Å². The lowest BCUT2D eigenvalue weighted by atomic mass is 10.2. The van der Waals surface area contributed by atoms with Gasteiger partial charge in [0.1, 0.15) is 0 Å². The zero-order valence-electron chi connectivity index (χ0n) is 17.5. The first-order valence-corrected chi connectivity index (χ1v) is 11.0. The second kappa shape index (κ2) is 9.50. The highest BCUT2D eigenvalue weighted by atomic mass is 32.2. The van der Waals surface area contributed by atoms with Gasteiger partial charge in [0, 0.05) is 10.6 Å². The van der Waals surface area contributed by atoms with Crippen LogP contribution in [0.4, 0.5) is 24.5 Å². The maximum Gasteiger partial charge on any atom is 0.416 e. The standard InChI is InChI=1S/C24H19F3N4OS/c1-16-10-12-20(13-11-16)33-15-21-22(23(32)31(30-21)19-8-3-2-4-9-19)29-28-18-7-5-6-17(14-18)24(25,26)27/h2-14,30H,15H2,1H3. The molecule has 0 aliphatic heterocycles. The number of rotatable bonds is 6. The average Bonchev–Trinajstić information content (AvgIpc) is 3.12. The zero-order valence-corrected chi connectivity index (χ0v) is 18.3. The van der Waals surface area contributed by atoms with E-state index in [1.807, 2.05) is 37.3 Å². The first kappa shape index (κ1) is 22.6. The first-order chi connectivity index (χ1) is 15.8. The molecule has 0 unspecified atom stereocenters. The van der Waals surface area contributed by atoms with Crippen LogP contribution >= 0.6 is 11.8 Å². The Morgan fingerprint density at radius 2 is 1.67 bits per heavy atom. The lowest BCUT2D eigenvalue weighted by Crippen LogP contribution is -2.13. The van der Waals surface area contributed by atoms with Gasteiger partial charge < -0.3 is 0 Å². The van der Waals surface area contributed by atoms with E-state index in [0.717, 1.165) is 22.6 Å². The third kappa shape index (κ3) is 5.43. The van der Waals surface area contributed by atoms with Gasteiger partial charge in [-0.1, -0.05) is 42.0 Å². The lowest BCUT2D eigenvalue weighted by molar-refractivity contribution is -0.137. The van der Waals surface area contributed by atoms with Gasteiger partial charge in [0.15, 0.2) is 5.69 Å². The van der Waals surface area contributed by atoms with Gasteiger partial charge in [0.2, 0.25) is 0 Å². The van der Waals surface area contributed by atoms with Crippen molar-refractivity contribution in [2.75, 3.05) is 0 Å². The molecule has 0 aliphatic rings. The minimum atomic E-state index is -4.49. The molecule has 0 fully saturated rings. The molecule has 0 saturated heterocycles. The number of aryl methyl sites for hydroxylation is 1. The highest BCUT2D eigenvalue weighted by Gasteiger charge is 2.30. The molecule has 0 bridgehead atoms. The molecule has 0 atom stereocenters. The van der Waals surface area contributed by atoms with Crippen molar-refractivity contribution in [1.29, 1.82) is 0 Å². The molecule has 1 aromatic heterocycles. The Bertz CT molecular complexity index is 1330. The number of aromatic amines is 1. The van der Waals surface area contributed by atoms with Gasteiger partial charge in [-0.05, 0) is 49.4 Å². The number of alkyl halides is 3. The number of H-pyrrole nitrogens is 1. The lowest BCUT2D eigenvalue weighted by Gasteiger charge is -2.05. The number of hydrogen-bond acceptors (Lipinski definition) is 4. The number of halogens is 3. The quantitative estimate of drug-likeness (QED) is 0.240. The summed E-state index contributed by atoms with van der Waals surface area (Å²) in [5.74, 6) is 0.398. The first-order valence-electron chi connectivity index (χ1n) is 9.99. The summed E-state index contributed by atoms with van der Waals surface area (Å²) in [7, 11) is 0. The van der Waals surface area contributed by atoms with Gasteiger partial charge in [-0.3, -0.25) is 9.89 Å². The largest absolute Gasteiger partial charge is 0.416 e. The predicted octanol–water partition coefficient (Wildman–Crippen LogP) is 7.20. The molecule has 4 rings (SSSR count). The predicted molar refractivity (Wildman–Crippen MR) is 123 cm³/mol. The molecule has 4 aromatic rings.